The van der Waals surface area contributed by atoms with Gasteiger partial charge in [-0.2, -0.15) is 0 Å². The molecule has 94 valence electrons. The van der Waals surface area contributed by atoms with Crippen molar-refractivity contribution in [2.24, 2.45) is 5.84 Å². The topological polar surface area (TPSA) is 80.5 Å². The summed E-state index contributed by atoms with van der Waals surface area (Å²) in [6, 6.07) is 3.27. The van der Waals surface area contributed by atoms with E-state index in [0.717, 1.165) is 0 Å². The van der Waals surface area contributed by atoms with Crippen LogP contribution in [0.15, 0.2) is 18.3 Å². The van der Waals surface area contributed by atoms with E-state index in [1.54, 1.807) is 31.2 Å². The summed E-state index contributed by atoms with van der Waals surface area (Å²) in [6.07, 6.45) is 1.54. The van der Waals surface area contributed by atoms with E-state index in [0.29, 0.717) is 18.0 Å². The molecule has 3 N–H and O–H groups in total. The highest BCUT2D eigenvalue weighted by molar-refractivity contribution is 5.94. The predicted molar refractivity (Wildman–Crippen MR) is 65.5 cm³/mol. The molecule has 0 aromatic carbocycles. The monoisotopic (exact) mass is 238 g/mol. The highest BCUT2D eigenvalue weighted by atomic mass is 16.5. The third kappa shape index (κ3) is 3.40. The van der Waals surface area contributed by atoms with E-state index in [-0.39, 0.29) is 11.9 Å². The molecule has 6 nitrogen and oxygen atoms in total. The molecule has 1 heterocycles. The summed E-state index contributed by atoms with van der Waals surface area (Å²) in [5, 5.41) is 0. The van der Waals surface area contributed by atoms with E-state index in [1.807, 2.05) is 6.92 Å². The first-order valence-corrected chi connectivity index (χ1v) is 5.29. The minimum Gasteiger partial charge on any atom is -0.383 e. The molecular weight excluding hydrogens is 220 g/mol. The molecule has 1 atom stereocenters. The Morgan fingerprint density at radius 3 is 3.00 bits per heavy atom. The molecule has 1 amide bonds. The Morgan fingerprint density at radius 2 is 2.41 bits per heavy atom. The van der Waals surface area contributed by atoms with E-state index in [4.69, 9.17) is 10.6 Å². The first-order valence-electron chi connectivity index (χ1n) is 5.29. The second-order valence-corrected chi connectivity index (χ2v) is 3.79. The van der Waals surface area contributed by atoms with Crippen LogP contribution >= 0.6 is 0 Å². The third-order valence-corrected chi connectivity index (χ3v) is 2.54. The van der Waals surface area contributed by atoms with Gasteiger partial charge in [0.2, 0.25) is 0 Å². The van der Waals surface area contributed by atoms with E-state index in [1.165, 1.54) is 6.20 Å². The molecule has 0 bridgehead atoms. The molecule has 0 spiro atoms. The average molecular weight is 238 g/mol. The van der Waals surface area contributed by atoms with Gasteiger partial charge < -0.3 is 15.1 Å². The molecule has 0 aliphatic rings. The molecule has 1 unspecified atom stereocenters. The number of nitrogens with one attached hydrogen (secondary N) is 1. The molecule has 1 rings (SSSR count). The van der Waals surface area contributed by atoms with Crippen molar-refractivity contribution in [2.45, 2.75) is 13.0 Å². The fraction of sp³-hybridized carbons (Fsp3) is 0.455. The van der Waals surface area contributed by atoms with Gasteiger partial charge in [0.25, 0.3) is 5.91 Å². The van der Waals surface area contributed by atoms with Gasteiger partial charge >= 0.3 is 0 Å². The number of ether oxygens (including phenoxy) is 1. The summed E-state index contributed by atoms with van der Waals surface area (Å²) in [5.41, 5.74) is 2.95. The quantitative estimate of drug-likeness (QED) is 0.576. The smallest absolute Gasteiger partial charge is 0.254 e. The number of carbonyl (C=O) groups excluding carboxylic acids is 1. The van der Waals surface area contributed by atoms with Gasteiger partial charge in [0.05, 0.1) is 12.6 Å². The van der Waals surface area contributed by atoms with Gasteiger partial charge in [-0.15, -0.1) is 0 Å². The predicted octanol–water partition coefficient (Wildman–Crippen LogP) is 0.474. The maximum Gasteiger partial charge on any atom is 0.254 e. The number of nitrogens with zero attached hydrogens (tertiary/aromatic N) is 2. The van der Waals surface area contributed by atoms with Crippen LogP contribution in [0.5, 0.6) is 0 Å². The number of likely N-dealkylation sites (N-methyl/N-ethyl adjacent to an activating group) is 1. The Kier molecular flexibility index (Phi) is 4.86. The Bertz CT molecular complexity index is 383. The van der Waals surface area contributed by atoms with Gasteiger partial charge in [0.1, 0.15) is 5.82 Å². The number of hydrogen-bond acceptors (Lipinski definition) is 5. The molecule has 1 aromatic rings. The maximum atomic E-state index is 12.1. The van der Waals surface area contributed by atoms with Crippen molar-refractivity contribution in [2.75, 3.05) is 26.2 Å². The van der Waals surface area contributed by atoms with Crippen LogP contribution in [-0.4, -0.2) is 42.6 Å². The number of hydrazine groups is 1. The van der Waals surface area contributed by atoms with Crippen LogP contribution in [0.3, 0.4) is 0 Å². The number of nitrogen functional groups attached to an aromatic ring is 1. The standard InChI is InChI=1S/C11H18N4O2/c1-8(7-17-3)15(2)11(16)9-4-5-13-10(6-9)14-12/h4-6,8H,7,12H2,1-3H3,(H,13,14). The minimum atomic E-state index is -0.0894. The van der Waals surface area contributed by atoms with E-state index >= 15 is 0 Å². The number of hydrogen-bond donors (Lipinski definition) is 2. The Labute approximate surface area is 101 Å². The molecule has 0 radical (unpaired) electrons. The van der Waals surface area contributed by atoms with Crippen LogP contribution in [0.4, 0.5) is 5.82 Å². The highest BCUT2D eigenvalue weighted by Crippen LogP contribution is 2.10. The van der Waals surface area contributed by atoms with Crippen molar-refractivity contribution in [3.63, 3.8) is 0 Å². The van der Waals surface area contributed by atoms with Gasteiger partial charge in [-0.25, -0.2) is 10.8 Å². The lowest BCUT2D eigenvalue weighted by molar-refractivity contribution is 0.0633. The molecule has 0 saturated carbocycles. The summed E-state index contributed by atoms with van der Waals surface area (Å²) >= 11 is 0. The highest BCUT2D eigenvalue weighted by Gasteiger charge is 2.17. The third-order valence-electron chi connectivity index (χ3n) is 2.54. The van der Waals surface area contributed by atoms with Crippen LogP contribution in [0.1, 0.15) is 17.3 Å². The van der Waals surface area contributed by atoms with Crippen LogP contribution in [-0.2, 0) is 4.74 Å². The molecule has 0 fully saturated rings. The van der Waals surface area contributed by atoms with Crippen molar-refractivity contribution >= 4 is 11.7 Å². The number of methoxy groups -OCH3 is 1. The summed E-state index contributed by atoms with van der Waals surface area (Å²) in [6.45, 7) is 2.42. The van der Waals surface area contributed by atoms with Gasteiger partial charge in [-0.1, -0.05) is 0 Å². The first-order chi connectivity index (χ1) is 8.10. The first kappa shape index (κ1) is 13.4. The molecule has 6 heteroatoms. The Hall–Kier alpha value is -1.66. The lowest BCUT2D eigenvalue weighted by Crippen LogP contribution is -2.37. The van der Waals surface area contributed by atoms with Crippen molar-refractivity contribution in [3.05, 3.63) is 23.9 Å². The average Bonchev–Trinajstić information content (AvgIpc) is 2.37. The van der Waals surface area contributed by atoms with Crippen LogP contribution in [0, 0.1) is 0 Å². The van der Waals surface area contributed by atoms with Crippen molar-refractivity contribution < 1.29 is 9.53 Å². The zero-order valence-electron chi connectivity index (χ0n) is 10.3. The number of pyridine rings is 1. The fourth-order valence-corrected chi connectivity index (χ4v) is 1.40. The van der Waals surface area contributed by atoms with Gasteiger partial charge in [0.15, 0.2) is 0 Å². The molecule has 0 aliphatic heterocycles. The van der Waals surface area contributed by atoms with Crippen LogP contribution < -0.4 is 11.3 Å². The zero-order valence-corrected chi connectivity index (χ0v) is 10.3. The molecular formula is C11H18N4O2. The lowest BCUT2D eigenvalue weighted by atomic mass is 10.2. The second-order valence-electron chi connectivity index (χ2n) is 3.79. The van der Waals surface area contributed by atoms with Gasteiger partial charge in [-0.05, 0) is 19.1 Å². The minimum absolute atomic E-state index is 0.00921. The number of anilines is 1. The van der Waals surface area contributed by atoms with Crippen LogP contribution in [0.2, 0.25) is 0 Å². The number of amides is 1. The van der Waals surface area contributed by atoms with Crippen LogP contribution in [0.25, 0.3) is 0 Å². The Morgan fingerprint density at radius 1 is 1.71 bits per heavy atom. The van der Waals surface area contributed by atoms with Crippen molar-refractivity contribution in [3.8, 4) is 0 Å². The van der Waals surface area contributed by atoms with E-state index < -0.39 is 0 Å². The second kappa shape index (κ2) is 6.17. The SMILES string of the molecule is COCC(C)N(C)C(=O)c1ccnc(NN)c1. The van der Waals surface area contributed by atoms with E-state index in [2.05, 4.69) is 10.4 Å². The molecule has 17 heavy (non-hydrogen) atoms. The van der Waals surface area contributed by atoms with Crippen molar-refractivity contribution in [1.82, 2.24) is 9.88 Å². The fourth-order valence-electron chi connectivity index (χ4n) is 1.40. The van der Waals surface area contributed by atoms with E-state index in [9.17, 15) is 4.79 Å². The van der Waals surface area contributed by atoms with Crippen molar-refractivity contribution in [1.29, 1.82) is 0 Å². The molecule has 1 aromatic heterocycles. The maximum absolute atomic E-state index is 12.1. The Balaban J connectivity index is 2.80. The number of nitrogens with two attached hydrogens (primary N) is 1. The summed E-state index contributed by atoms with van der Waals surface area (Å²) in [5.74, 6) is 5.62. The normalized spacial score (nSPS) is 12.0. The molecule has 0 saturated heterocycles. The zero-order chi connectivity index (χ0) is 12.8. The summed E-state index contributed by atoms with van der Waals surface area (Å²) in [4.78, 5) is 17.7. The number of carbonyl (C=O) groups is 1. The number of aromatic nitrogens is 1. The summed E-state index contributed by atoms with van der Waals surface area (Å²) < 4.78 is 5.02. The number of rotatable bonds is 5. The van der Waals surface area contributed by atoms with Gasteiger partial charge in [-0.3, -0.25) is 4.79 Å². The largest absolute Gasteiger partial charge is 0.383 e. The summed E-state index contributed by atoms with van der Waals surface area (Å²) in [7, 11) is 3.35. The lowest BCUT2D eigenvalue weighted by Gasteiger charge is -2.24. The van der Waals surface area contributed by atoms with Gasteiger partial charge in [0, 0.05) is 25.9 Å². The molecule has 0 aliphatic carbocycles.